The molecule has 1 heterocycles. The lowest BCUT2D eigenvalue weighted by Crippen LogP contribution is -2.05. The van der Waals surface area contributed by atoms with E-state index in [1.165, 1.54) is 0 Å². The molecule has 2 N–H and O–H groups in total. The highest BCUT2D eigenvalue weighted by Gasteiger charge is 2.07. The second-order valence-electron chi connectivity index (χ2n) is 4.32. The highest BCUT2D eigenvalue weighted by Crippen LogP contribution is 2.21. The minimum atomic E-state index is 0.339. The fourth-order valence-corrected chi connectivity index (χ4v) is 1.70. The molecule has 0 aliphatic heterocycles. The molecule has 0 saturated heterocycles. The minimum Gasteiger partial charge on any atom is -0.438 e. The zero-order valence-electron chi connectivity index (χ0n) is 11.2. The van der Waals surface area contributed by atoms with Crippen molar-refractivity contribution < 1.29 is 13.9 Å². The predicted molar refractivity (Wildman–Crippen MR) is 73.8 cm³/mol. The van der Waals surface area contributed by atoms with E-state index in [4.69, 9.17) is 19.6 Å². The lowest BCUT2D eigenvalue weighted by molar-refractivity contribution is 0.0329. The van der Waals surface area contributed by atoms with Gasteiger partial charge in [-0.05, 0) is 18.6 Å². The summed E-state index contributed by atoms with van der Waals surface area (Å²) < 4.78 is 16.4. The smallest absolute Gasteiger partial charge is 0.221 e. The maximum absolute atomic E-state index is 5.81. The van der Waals surface area contributed by atoms with Gasteiger partial charge in [-0.3, -0.25) is 0 Å². The van der Waals surface area contributed by atoms with E-state index in [9.17, 15) is 0 Å². The molecule has 0 spiro atoms. The van der Waals surface area contributed by atoms with E-state index >= 15 is 0 Å². The van der Waals surface area contributed by atoms with Crippen molar-refractivity contribution in [1.82, 2.24) is 4.98 Å². The Labute approximate surface area is 112 Å². The van der Waals surface area contributed by atoms with E-state index in [1.807, 2.05) is 12.1 Å². The summed E-state index contributed by atoms with van der Waals surface area (Å²) in [6, 6.07) is 5.49. The van der Waals surface area contributed by atoms with Crippen molar-refractivity contribution in [1.29, 1.82) is 0 Å². The molecule has 0 atom stereocenters. The van der Waals surface area contributed by atoms with Crippen LogP contribution < -0.4 is 5.73 Å². The van der Waals surface area contributed by atoms with Crippen LogP contribution in [0.15, 0.2) is 22.6 Å². The van der Waals surface area contributed by atoms with Crippen LogP contribution in [0.1, 0.15) is 25.7 Å². The number of para-hydroxylation sites is 1. The molecule has 0 fully saturated rings. The molecule has 0 radical (unpaired) electrons. The maximum Gasteiger partial charge on any atom is 0.221 e. The van der Waals surface area contributed by atoms with Crippen molar-refractivity contribution in [2.75, 3.05) is 25.6 Å². The topological polar surface area (TPSA) is 70.5 Å². The Morgan fingerprint density at radius 1 is 1.21 bits per heavy atom. The molecule has 0 aliphatic rings. The summed E-state index contributed by atoms with van der Waals surface area (Å²) in [5, 5.41) is 0. The summed E-state index contributed by atoms with van der Waals surface area (Å²) in [7, 11) is 0. The molecule has 5 nitrogen and oxygen atoms in total. The van der Waals surface area contributed by atoms with Crippen LogP contribution in [0.25, 0.3) is 11.1 Å². The number of hydrogen-bond acceptors (Lipinski definition) is 5. The molecule has 19 heavy (non-hydrogen) atoms. The Hall–Kier alpha value is -1.59. The lowest BCUT2D eigenvalue weighted by Gasteiger charge is -2.03. The van der Waals surface area contributed by atoms with Gasteiger partial charge >= 0.3 is 0 Å². The van der Waals surface area contributed by atoms with E-state index in [2.05, 4.69) is 11.9 Å². The van der Waals surface area contributed by atoms with E-state index in [1.54, 1.807) is 6.07 Å². The molecular weight excluding hydrogens is 244 g/mol. The van der Waals surface area contributed by atoms with Gasteiger partial charge in [-0.15, -0.1) is 0 Å². The van der Waals surface area contributed by atoms with Gasteiger partial charge in [-0.25, -0.2) is 4.98 Å². The van der Waals surface area contributed by atoms with Crippen molar-refractivity contribution in [2.45, 2.75) is 26.4 Å². The van der Waals surface area contributed by atoms with Crippen LogP contribution in [0.4, 0.5) is 5.69 Å². The molecule has 104 valence electrons. The first kappa shape index (κ1) is 13.8. The van der Waals surface area contributed by atoms with Crippen molar-refractivity contribution in [3.63, 3.8) is 0 Å². The second kappa shape index (κ2) is 7.11. The van der Waals surface area contributed by atoms with Crippen LogP contribution in [0, 0.1) is 0 Å². The Morgan fingerprint density at radius 3 is 2.84 bits per heavy atom. The first-order chi connectivity index (χ1) is 9.31. The first-order valence-electron chi connectivity index (χ1n) is 6.60. The van der Waals surface area contributed by atoms with Gasteiger partial charge in [0.25, 0.3) is 0 Å². The zero-order valence-corrected chi connectivity index (χ0v) is 11.2. The highest BCUT2D eigenvalue weighted by atomic mass is 16.5. The van der Waals surface area contributed by atoms with Gasteiger partial charge in [0.1, 0.15) is 12.1 Å². The van der Waals surface area contributed by atoms with Crippen molar-refractivity contribution in [3.05, 3.63) is 24.1 Å². The number of aromatic nitrogens is 1. The average Bonchev–Trinajstić information content (AvgIpc) is 2.82. The normalized spacial score (nSPS) is 11.2. The number of hydrogen-bond donors (Lipinski definition) is 1. The Balaban J connectivity index is 1.74. The zero-order chi connectivity index (χ0) is 13.5. The monoisotopic (exact) mass is 264 g/mol. The van der Waals surface area contributed by atoms with Crippen LogP contribution in [0.3, 0.4) is 0 Å². The SMILES string of the molecule is CCCCOCCOCc1nc2c(N)cccc2o1. The third-order valence-electron chi connectivity index (χ3n) is 2.73. The lowest BCUT2D eigenvalue weighted by atomic mass is 10.3. The van der Waals surface area contributed by atoms with Gasteiger partial charge in [-0.2, -0.15) is 0 Å². The molecule has 5 heteroatoms. The molecule has 0 aliphatic carbocycles. The van der Waals surface area contributed by atoms with Gasteiger partial charge in [0, 0.05) is 6.61 Å². The first-order valence-corrected chi connectivity index (χ1v) is 6.60. The number of nitrogens with zero attached hydrogens (tertiary/aromatic N) is 1. The van der Waals surface area contributed by atoms with E-state index in [0.29, 0.717) is 42.5 Å². The number of nitrogen functional groups attached to an aromatic ring is 1. The molecule has 1 aromatic heterocycles. The Bertz CT molecular complexity index is 510. The van der Waals surface area contributed by atoms with Gasteiger partial charge in [0.2, 0.25) is 5.89 Å². The molecular formula is C14H20N2O3. The fourth-order valence-electron chi connectivity index (χ4n) is 1.70. The quantitative estimate of drug-likeness (QED) is 0.586. The average molecular weight is 264 g/mol. The maximum atomic E-state index is 5.81. The number of rotatable bonds is 8. The van der Waals surface area contributed by atoms with Crippen LogP contribution in [-0.4, -0.2) is 24.8 Å². The largest absolute Gasteiger partial charge is 0.438 e. The predicted octanol–water partition coefficient (Wildman–Crippen LogP) is 2.74. The van der Waals surface area contributed by atoms with Crippen molar-refractivity contribution in [2.24, 2.45) is 0 Å². The van der Waals surface area contributed by atoms with E-state index in [0.717, 1.165) is 19.4 Å². The number of ether oxygens (including phenoxy) is 2. The van der Waals surface area contributed by atoms with Crippen molar-refractivity contribution >= 4 is 16.8 Å². The number of fused-ring (bicyclic) bond motifs is 1. The fraction of sp³-hybridized carbons (Fsp3) is 0.500. The number of anilines is 1. The number of unbranched alkanes of at least 4 members (excludes halogenated alkanes) is 1. The summed E-state index contributed by atoms with van der Waals surface area (Å²) >= 11 is 0. The van der Waals surface area contributed by atoms with Gasteiger partial charge < -0.3 is 19.6 Å². The highest BCUT2D eigenvalue weighted by molar-refractivity contribution is 5.85. The summed E-state index contributed by atoms with van der Waals surface area (Å²) in [4.78, 5) is 4.30. The molecule has 0 saturated carbocycles. The third kappa shape index (κ3) is 3.94. The van der Waals surface area contributed by atoms with Gasteiger partial charge in [-0.1, -0.05) is 19.4 Å². The second-order valence-corrected chi connectivity index (χ2v) is 4.32. The third-order valence-corrected chi connectivity index (χ3v) is 2.73. The standard InChI is InChI=1S/C14H20N2O3/c1-2-3-7-17-8-9-18-10-13-16-14-11(15)5-4-6-12(14)19-13/h4-6H,2-3,7-10,15H2,1H3. The van der Waals surface area contributed by atoms with Crippen LogP contribution in [-0.2, 0) is 16.1 Å². The van der Waals surface area contributed by atoms with Gasteiger partial charge in [0.15, 0.2) is 5.58 Å². The van der Waals surface area contributed by atoms with Gasteiger partial charge in [0.05, 0.1) is 18.9 Å². The Morgan fingerprint density at radius 2 is 2.05 bits per heavy atom. The summed E-state index contributed by atoms with van der Waals surface area (Å²) in [5.74, 6) is 0.543. The molecule has 0 unspecified atom stereocenters. The number of nitrogens with two attached hydrogens (primary N) is 1. The molecule has 0 bridgehead atoms. The molecule has 1 aromatic carbocycles. The number of benzene rings is 1. The van der Waals surface area contributed by atoms with Crippen LogP contribution in [0.5, 0.6) is 0 Å². The number of oxazole rings is 1. The minimum absolute atomic E-state index is 0.339. The van der Waals surface area contributed by atoms with Crippen LogP contribution >= 0.6 is 0 Å². The van der Waals surface area contributed by atoms with Crippen LogP contribution in [0.2, 0.25) is 0 Å². The molecule has 0 amide bonds. The summed E-state index contributed by atoms with van der Waals surface area (Å²) in [5.41, 5.74) is 7.82. The van der Waals surface area contributed by atoms with E-state index < -0.39 is 0 Å². The molecule has 2 aromatic rings. The van der Waals surface area contributed by atoms with Crippen molar-refractivity contribution in [3.8, 4) is 0 Å². The summed E-state index contributed by atoms with van der Waals surface area (Å²) in [6.45, 7) is 4.41. The molecule has 2 rings (SSSR count). The summed E-state index contributed by atoms with van der Waals surface area (Å²) in [6.07, 6.45) is 2.23. The van der Waals surface area contributed by atoms with E-state index in [-0.39, 0.29) is 0 Å². The Kier molecular flexibility index (Phi) is 5.18.